The van der Waals surface area contributed by atoms with Crippen molar-refractivity contribution in [1.29, 1.82) is 0 Å². The molecular weight excluding hydrogens is 420 g/mol. The van der Waals surface area contributed by atoms with Gasteiger partial charge in [0.15, 0.2) is 11.0 Å². The molecule has 0 fully saturated rings. The number of benzene rings is 2. The average molecular weight is 443 g/mol. The number of hydrogen-bond acceptors (Lipinski definition) is 5. The molecule has 1 atom stereocenters. The molecule has 156 valence electrons. The highest BCUT2D eigenvalue weighted by Crippen LogP contribution is 2.29. The number of nitrogens with one attached hydrogen (secondary N) is 1. The zero-order valence-corrected chi connectivity index (χ0v) is 18.2. The first-order valence-electron chi connectivity index (χ1n) is 9.87. The van der Waals surface area contributed by atoms with Crippen molar-refractivity contribution in [3.05, 3.63) is 70.5 Å². The molecule has 30 heavy (non-hydrogen) atoms. The van der Waals surface area contributed by atoms with E-state index in [0.717, 1.165) is 19.3 Å². The summed E-state index contributed by atoms with van der Waals surface area (Å²) < 4.78 is 7.57. The molecular formula is C22H23ClN4O2S. The van der Waals surface area contributed by atoms with Gasteiger partial charge in [0.25, 0.3) is 0 Å². The van der Waals surface area contributed by atoms with E-state index in [9.17, 15) is 4.79 Å². The van der Waals surface area contributed by atoms with Gasteiger partial charge in [0.2, 0.25) is 5.91 Å². The number of aryl methyl sites for hydroxylation is 1. The van der Waals surface area contributed by atoms with Gasteiger partial charge in [-0.05, 0) is 42.5 Å². The molecule has 1 aliphatic carbocycles. The number of hydrogen-bond donors (Lipinski definition) is 1. The Labute approximate surface area is 185 Å². The molecule has 1 heterocycles. The van der Waals surface area contributed by atoms with Crippen LogP contribution >= 0.6 is 23.4 Å². The molecule has 1 aliphatic rings. The van der Waals surface area contributed by atoms with Gasteiger partial charge in [-0.1, -0.05) is 59.8 Å². The molecule has 3 aromatic rings. The Morgan fingerprint density at radius 2 is 2.03 bits per heavy atom. The van der Waals surface area contributed by atoms with E-state index in [0.29, 0.717) is 21.8 Å². The summed E-state index contributed by atoms with van der Waals surface area (Å²) in [6.45, 7) is 0.249. The van der Waals surface area contributed by atoms with Crippen LogP contribution in [0.4, 0.5) is 0 Å². The minimum atomic E-state index is -0.00132. The number of halogens is 1. The largest absolute Gasteiger partial charge is 0.484 e. The van der Waals surface area contributed by atoms with Crippen LogP contribution in [0.5, 0.6) is 5.75 Å². The van der Waals surface area contributed by atoms with Gasteiger partial charge in [0.1, 0.15) is 12.4 Å². The van der Waals surface area contributed by atoms with Crippen molar-refractivity contribution in [3.63, 3.8) is 0 Å². The van der Waals surface area contributed by atoms with Crippen LogP contribution < -0.4 is 10.1 Å². The summed E-state index contributed by atoms with van der Waals surface area (Å²) in [4.78, 5) is 12.5. The second-order valence-electron chi connectivity index (χ2n) is 7.18. The van der Waals surface area contributed by atoms with Crippen molar-refractivity contribution < 1.29 is 9.53 Å². The summed E-state index contributed by atoms with van der Waals surface area (Å²) in [5, 5.41) is 12.8. The fourth-order valence-corrected chi connectivity index (χ4v) is 4.50. The van der Waals surface area contributed by atoms with E-state index in [4.69, 9.17) is 16.3 Å². The quantitative estimate of drug-likeness (QED) is 0.551. The van der Waals surface area contributed by atoms with Crippen LogP contribution in [0.1, 0.15) is 35.8 Å². The Morgan fingerprint density at radius 3 is 2.90 bits per heavy atom. The molecule has 0 saturated heterocycles. The maximum absolute atomic E-state index is 12.5. The van der Waals surface area contributed by atoms with Gasteiger partial charge in [-0.25, -0.2) is 0 Å². The summed E-state index contributed by atoms with van der Waals surface area (Å²) >= 11 is 7.48. The Hall–Kier alpha value is -2.51. The maximum Gasteiger partial charge on any atom is 0.230 e. The van der Waals surface area contributed by atoms with Crippen molar-refractivity contribution in [1.82, 2.24) is 20.1 Å². The number of carbonyl (C=O) groups is 1. The molecule has 0 bridgehead atoms. The highest BCUT2D eigenvalue weighted by Gasteiger charge is 2.21. The lowest BCUT2D eigenvalue weighted by molar-refractivity contribution is -0.119. The molecule has 1 unspecified atom stereocenters. The lowest BCUT2D eigenvalue weighted by Crippen LogP contribution is -2.32. The monoisotopic (exact) mass is 442 g/mol. The topological polar surface area (TPSA) is 69.0 Å². The van der Waals surface area contributed by atoms with Gasteiger partial charge < -0.3 is 14.6 Å². The SMILES string of the molecule is Cn1c(COc2ccccc2Cl)nnc1SCC(=O)NC1CCCc2ccccc21. The van der Waals surface area contributed by atoms with E-state index in [2.05, 4.69) is 33.7 Å². The number of thioether (sulfide) groups is 1. The normalized spacial score (nSPS) is 15.5. The molecule has 1 aromatic heterocycles. The van der Waals surface area contributed by atoms with Crippen LogP contribution in [0.3, 0.4) is 0 Å². The van der Waals surface area contributed by atoms with Crippen LogP contribution in [0, 0.1) is 0 Å². The molecule has 0 aliphatic heterocycles. The molecule has 6 nitrogen and oxygen atoms in total. The Balaban J connectivity index is 1.31. The van der Waals surface area contributed by atoms with Crippen molar-refractivity contribution in [2.75, 3.05) is 5.75 Å². The summed E-state index contributed by atoms with van der Waals surface area (Å²) in [5.41, 5.74) is 2.57. The van der Waals surface area contributed by atoms with Crippen molar-refractivity contribution in [3.8, 4) is 5.75 Å². The number of fused-ring (bicyclic) bond motifs is 1. The predicted molar refractivity (Wildman–Crippen MR) is 118 cm³/mol. The second kappa shape index (κ2) is 9.53. The van der Waals surface area contributed by atoms with E-state index in [1.54, 1.807) is 6.07 Å². The number of amides is 1. The highest BCUT2D eigenvalue weighted by atomic mass is 35.5. The molecule has 2 aromatic carbocycles. The third-order valence-electron chi connectivity index (χ3n) is 5.16. The maximum atomic E-state index is 12.5. The van der Waals surface area contributed by atoms with E-state index in [-0.39, 0.29) is 24.3 Å². The summed E-state index contributed by atoms with van der Waals surface area (Å²) in [6, 6.07) is 15.7. The zero-order chi connectivity index (χ0) is 20.9. The number of rotatable bonds is 7. The molecule has 0 saturated carbocycles. The zero-order valence-electron chi connectivity index (χ0n) is 16.7. The van der Waals surface area contributed by atoms with Crippen molar-refractivity contribution in [2.45, 2.75) is 37.1 Å². The molecule has 0 radical (unpaired) electrons. The number of nitrogens with zero attached hydrogens (tertiary/aromatic N) is 3. The summed E-state index contributed by atoms with van der Waals surface area (Å²) in [7, 11) is 1.86. The highest BCUT2D eigenvalue weighted by molar-refractivity contribution is 7.99. The smallest absolute Gasteiger partial charge is 0.230 e. The van der Waals surface area contributed by atoms with E-state index < -0.39 is 0 Å². The minimum Gasteiger partial charge on any atom is -0.484 e. The third-order valence-corrected chi connectivity index (χ3v) is 6.49. The van der Waals surface area contributed by atoms with Gasteiger partial charge >= 0.3 is 0 Å². The molecule has 4 rings (SSSR count). The van der Waals surface area contributed by atoms with E-state index in [1.165, 1.54) is 22.9 Å². The Kier molecular flexibility index (Phi) is 6.59. The van der Waals surface area contributed by atoms with Crippen LogP contribution in [0.2, 0.25) is 5.02 Å². The van der Waals surface area contributed by atoms with Gasteiger partial charge in [0, 0.05) is 7.05 Å². The summed E-state index contributed by atoms with van der Waals surface area (Å²) in [5.74, 6) is 1.55. The molecule has 0 spiro atoms. The number of aromatic nitrogens is 3. The fraction of sp³-hybridized carbons (Fsp3) is 0.318. The number of ether oxygens (including phenoxy) is 1. The lowest BCUT2D eigenvalue weighted by atomic mass is 9.88. The predicted octanol–water partition coefficient (Wildman–Crippen LogP) is 4.33. The third kappa shape index (κ3) is 4.79. The van der Waals surface area contributed by atoms with Gasteiger partial charge in [-0.3, -0.25) is 4.79 Å². The van der Waals surface area contributed by atoms with Gasteiger partial charge in [0.05, 0.1) is 16.8 Å². The first kappa shape index (κ1) is 20.8. The van der Waals surface area contributed by atoms with Crippen LogP contribution in [0.25, 0.3) is 0 Å². The lowest BCUT2D eigenvalue weighted by Gasteiger charge is -2.26. The second-order valence-corrected chi connectivity index (χ2v) is 8.53. The first-order valence-corrected chi connectivity index (χ1v) is 11.2. The van der Waals surface area contributed by atoms with Crippen LogP contribution in [0.15, 0.2) is 53.7 Å². The first-order chi connectivity index (χ1) is 14.6. The van der Waals surface area contributed by atoms with Crippen LogP contribution in [-0.2, 0) is 24.9 Å². The standard InChI is InChI=1S/C22H23ClN4O2S/c1-27-20(13-29-19-12-5-4-10-17(19)23)25-26-22(27)30-14-21(28)24-18-11-6-8-15-7-2-3-9-16(15)18/h2-5,7,9-10,12,18H,6,8,11,13-14H2,1H3,(H,24,28). The molecule has 1 N–H and O–H groups in total. The Morgan fingerprint density at radius 1 is 1.23 bits per heavy atom. The fourth-order valence-electron chi connectivity index (χ4n) is 3.57. The van der Waals surface area contributed by atoms with Crippen molar-refractivity contribution >= 4 is 29.3 Å². The van der Waals surface area contributed by atoms with E-state index in [1.807, 2.05) is 35.9 Å². The molecule has 1 amide bonds. The summed E-state index contributed by atoms with van der Waals surface area (Å²) in [6.07, 6.45) is 3.14. The number of para-hydroxylation sites is 1. The van der Waals surface area contributed by atoms with Gasteiger partial charge in [-0.2, -0.15) is 0 Å². The average Bonchev–Trinajstić information content (AvgIpc) is 3.11. The number of carbonyl (C=O) groups excluding carboxylic acids is 1. The van der Waals surface area contributed by atoms with Crippen molar-refractivity contribution in [2.24, 2.45) is 7.05 Å². The van der Waals surface area contributed by atoms with Crippen LogP contribution in [-0.4, -0.2) is 26.4 Å². The minimum absolute atomic E-state index is 0.00132. The molecule has 8 heteroatoms. The Bertz CT molecular complexity index is 1040. The van der Waals surface area contributed by atoms with Gasteiger partial charge in [-0.15, -0.1) is 10.2 Å². The van der Waals surface area contributed by atoms with E-state index >= 15 is 0 Å².